The Labute approximate surface area is 137 Å². The first kappa shape index (κ1) is 15.5. The number of pyridine rings is 1. The average Bonchev–Trinajstić information content (AvgIpc) is 2.62. The summed E-state index contributed by atoms with van der Waals surface area (Å²) < 4.78 is 12.9. The zero-order chi connectivity index (χ0) is 16.8. The van der Waals surface area contributed by atoms with Crippen LogP contribution < -0.4 is 5.32 Å². The number of benzene rings is 1. The Morgan fingerprint density at radius 2 is 1.75 bits per heavy atom. The maximum atomic E-state index is 12.9. The van der Waals surface area contributed by atoms with Gasteiger partial charge in [-0.25, -0.2) is 19.3 Å². The van der Waals surface area contributed by atoms with Crippen molar-refractivity contribution < 1.29 is 9.18 Å². The molecular formula is C18H13FN4O. The predicted molar refractivity (Wildman–Crippen MR) is 89.3 cm³/mol. The Kier molecular flexibility index (Phi) is 4.67. The van der Waals surface area contributed by atoms with E-state index in [4.69, 9.17) is 0 Å². The molecule has 1 N–H and O–H groups in total. The van der Waals surface area contributed by atoms with E-state index in [0.29, 0.717) is 17.2 Å². The van der Waals surface area contributed by atoms with Gasteiger partial charge in [0.25, 0.3) is 0 Å². The number of amides is 1. The molecule has 6 heteroatoms. The second-order valence-corrected chi connectivity index (χ2v) is 4.88. The molecule has 0 spiro atoms. The minimum absolute atomic E-state index is 0.295. The molecule has 0 aliphatic rings. The van der Waals surface area contributed by atoms with Crippen molar-refractivity contribution in [2.45, 2.75) is 0 Å². The summed E-state index contributed by atoms with van der Waals surface area (Å²) in [4.78, 5) is 24.2. The summed E-state index contributed by atoms with van der Waals surface area (Å²) in [5.74, 6) is 0.369. The first-order valence-corrected chi connectivity index (χ1v) is 7.19. The quantitative estimate of drug-likeness (QED) is 0.749. The zero-order valence-corrected chi connectivity index (χ0v) is 12.6. The van der Waals surface area contributed by atoms with Crippen molar-refractivity contribution in [1.29, 1.82) is 0 Å². The molecular weight excluding hydrogens is 307 g/mol. The fourth-order valence-electron chi connectivity index (χ4n) is 1.95. The van der Waals surface area contributed by atoms with Crippen LogP contribution in [0.5, 0.6) is 0 Å². The van der Waals surface area contributed by atoms with Crippen LogP contribution in [-0.4, -0.2) is 20.9 Å². The third-order valence-electron chi connectivity index (χ3n) is 3.12. The van der Waals surface area contributed by atoms with Gasteiger partial charge in [0.05, 0.1) is 0 Å². The maximum absolute atomic E-state index is 12.9. The lowest BCUT2D eigenvalue weighted by Crippen LogP contribution is -2.08. The van der Waals surface area contributed by atoms with Crippen LogP contribution in [0.1, 0.15) is 5.56 Å². The normalized spacial score (nSPS) is 10.7. The summed E-state index contributed by atoms with van der Waals surface area (Å²) in [5.41, 5.74) is 1.40. The Bertz CT molecular complexity index is 846. The molecule has 0 saturated heterocycles. The van der Waals surface area contributed by atoms with E-state index in [9.17, 15) is 9.18 Å². The van der Waals surface area contributed by atoms with E-state index in [2.05, 4.69) is 20.3 Å². The highest BCUT2D eigenvalue weighted by Crippen LogP contribution is 2.15. The number of carbonyl (C=O) groups excluding carboxylic acids is 1. The zero-order valence-electron chi connectivity index (χ0n) is 12.6. The van der Waals surface area contributed by atoms with Crippen LogP contribution in [0.25, 0.3) is 17.5 Å². The fraction of sp³-hybridized carbons (Fsp3) is 0. The van der Waals surface area contributed by atoms with Gasteiger partial charge in [-0.05, 0) is 42.5 Å². The van der Waals surface area contributed by atoms with Crippen LogP contribution in [0, 0.1) is 5.82 Å². The monoisotopic (exact) mass is 320 g/mol. The Morgan fingerprint density at radius 3 is 2.42 bits per heavy atom. The molecule has 0 radical (unpaired) electrons. The van der Waals surface area contributed by atoms with Gasteiger partial charge in [-0.3, -0.25) is 4.79 Å². The summed E-state index contributed by atoms with van der Waals surface area (Å²) in [5, 5.41) is 2.64. The van der Waals surface area contributed by atoms with Crippen molar-refractivity contribution in [1.82, 2.24) is 15.0 Å². The van der Waals surface area contributed by atoms with E-state index in [1.807, 2.05) is 0 Å². The van der Waals surface area contributed by atoms with Crippen LogP contribution in [0.4, 0.5) is 10.2 Å². The molecule has 0 bridgehead atoms. The van der Waals surface area contributed by atoms with Crippen molar-refractivity contribution in [2.24, 2.45) is 0 Å². The van der Waals surface area contributed by atoms with E-state index in [0.717, 1.165) is 5.56 Å². The Balaban J connectivity index is 1.65. The van der Waals surface area contributed by atoms with Crippen molar-refractivity contribution in [3.05, 3.63) is 78.5 Å². The number of aromatic nitrogens is 3. The molecule has 0 fully saturated rings. The van der Waals surface area contributed by atoms with Gasteiger partial charge in [-0.15, -0.1) is 0 Å². The van der Waals surface area contributed by atoms with E-state index in [1.54, 1.807) is 55.0 Å². The Morgan fingerprint density at radius 1 is 1.00 bits per heavy atom. The number of hydrogen-bond acceptors (Lipinski definition) is 4. The number of carbonyl (C=O) groups is 1. The van der Waals surface area contributed by atoms with Gasteiger partial charge in [0.1, 0.15) is 11.6 Å². The van der Waals surface area contributed by atoms with E-state index in [1.165, 1.54) is 18.2 Å². The minimum Gasteiger partial charge on any atom is -0.307 e. The molecule has 3 rings (SSSR count). The van der Waals surface area contributed by atoms with Crippen LogP contribution in [0.15, 0.2) is 67.1 Å². The summed E-state index contributed by atoms with van der Waals surface area (Å²) in [6.45, 7) is 0. The largest absolute Gasteiger partial charge is 0.307 e. The van der Waals surface area contributed by atoms with E-state index < -0.39 is 0 Å². The number of hydrogen-bond donors (Lipinski definition) is 1. The second-order valence-electron chi connectivity index (χ2n) is 4.88. The first-order chi connectivity index (χ1) is 11.7. The van der Waals surface area contributed by atoms with Crippen LogP contribution in [-0.2, 0) is 4.79 Å². The average molecular weight is 320 g/mol. The van der Waals surface area contributed by atoms with Crippen LogP contribution >= 0.6 is 0 Å². The lowest BCUT2D eigenvalue weighted by Gasteiger charge is -2.01. The standard InChI is InChI=1S/C18H13FN4O/c19-15-7-5-14(6-8-15)18-21-11-13(12-22-18)4-9-17(24)23-16-3-1-2-10-20-16/h1-12H,(H,20,23,24). The Hall–Kier alpha value is -3.41. The van der Waals surface area contributed by atoms with Gasteiger partial charge in [-0.1, -0.05) is 6.07 Å². The number of anilines is 1. The molecule has 1 aromatic carbocycles. The number of nitrogens with one attached hydrogen (secondary N) is 1. The molecule has 0 aliphatic carbocycles. The molecule has 1 amide bonds. The molecule has 0 aliphatic heterocycles. The smallest absolute Gasteiger partial charge is 0.249 e. The van der Waals surface area contributed by atoms with Crippen molar-refractivity contribution in [3.63, 3.8) is 0 Å². The highest BCUT2D eigenvalue weighted by atomic mass is 19.1. The van der Waals surface area contributed by atoms with Crippen LogP contribution in [0.2, 0.25) is 0 Å². The molecule has 2 heterocycles. The molecule has 0 atom stereocenters. The highest BCUT2D eigenvalue weighted by Gasteiger charge is 2.02. The molecule has 0 unspecified atom stereocenters. The second kappa shape index (κ2) is 7.23. The third-order valence-corrected chi connectivity index (χ3v) is 3.12. The maximum Gasteiger partial charge on any atom is 0.249 e. The molecule has 118 valence electrons. The topological polar surface area (TPSA) is 67.8 Å². The molecule has 2 aromatic heterocycles. The van der Waals surface area contributed by atoms with Crippen molar-refractivity contribution in [2.75, 3.05) is 5.32 Å². The number of nitrogens with zero attached hydrogens (tertiary/aromatic N) is 3. The van der Waals surface area contributed by atoms with Gasteiger partial charge < -0.3 is 5.32 Å². The first-order valence-electron chi connectivity index (χ1n) is 7.19. The predicted octanol–water partition coefficient (Wildman–Crippen LogP) is 3.33. The van der Waals surface area contributed by atoms with Crippen molar-refractivity contribution >= 4 is 17.8 Å². The van der Waals surface area contributed by atoms with Gasteiger partial charge in [-0.2, -0.15) is 0 Å². The molecule has 24 heavy (non-hydrogen) atoms. The van der Waals surface area contributed by atoms with Gasteiger partial charge in [0.2, 0.25) is 5.91 Å². The molecule has 0 saturated carbocycles. The minimum atomic E-state index is -0.308. The van der Waals surface area contributed by atoms with E-state index >= 15 is 0 Å². The van der Waals surface area contributed by atoms with Gasteiger partial charge >= 0.3 is 0 Å². The number of rotatable bonds is 4. The summed E-state index contributed by atoms with van der Waals surface area (Å²) in [7, 11) is 0. The highest BCUT2D eigenvalue weighted by molar-refractivity contribution is 6.01. The van der Waals surface area contributed by atoms with Gasteiger partial charge in [0, 0.05) is 35.8 Å². The summed E-state index contributed by atoms with van der Waals surface area (Å²) in [6.07, 6.45) is 7.77. The lowest BCUT2D eigenvalue weighted by atomic mass is 10.2. The molecule has 5 nitrogen and oxygen atoms in total. The van der Waals surface area contributed by atoms with Crippen molar-refractivity contribution in [3.8, 4) is 11.4 Å². The fourth-order valence-corrected chi connectivity index (χ4v) is 1.95. The van der Waals surface area contributed by atoms with Gasteiger partial charge in [0.15, 0.2) is 5.82 Å². The lowest BCUT2D eigenvalue weighted by molar-refractivity contribution is -0.111. The number of halogens is 1. The third kappa shape index (κ3) is 4.07. The SMILES string of the molecule is O=C(C=Cc1cnc(-c2ccc(F)cc2)nc1)Nc1ccccn1. The van der Waals surface area contributed by atoms with E-state index in [-0.39, 0.29) is 11.7 Å². The summed E-state index contributed by atoms with van der Waals surface area (Å²) in [6, 6.07) is 11.2. The summed E-state index contributed by atoms with van der Waals surface area (Å²) >= 11 is 0. The molecule has 3 aromatic rings. The van der Waals surface area contributed by atoms with Crippen LogP contribution in [0.3, 0.4) is 0 Å².